The van der Waals surface area contributed by atoms with Crippen molar-refractivity contribution >= 4 is 17.3 Å². The van der Waals surface area contributed by atoms with Gasteiger partial charge in [-0.1, -0.05) is 6.07 Å². The van der Waals surface area contributed by atoms with Crippen molar-refractivity contribution in [1.29, 1.82) is 0 Å². The van der Waals surface area contributed by atoms with Crippen molar-refractivity contribution in [2.24, 2.45) is 0 Å². The molecule has 6 nitrogen and oxygen atoms in total. The first kappa shape index (κ1) is 15.9. The molecule has 0 bridgehead atoms. The zero-order chi connectivity index (χ0) is 17.4. The maximum Gasteiger partial charge on any atom is 0.261 e. The van der Waals surface area contributed by atoms with E-state index in [-0.39, 0.29) is 17.4 Å². The Bertz CT molecular complexity index is 895. The van der Waals surface area contributed by atoms with Gasteiger partial charge in [-0.3, -0.25) is 9.36 Å². The van der Waals surface area contributed by atoms with Crippen LogP contribution in [0.2, 0.25) is 0 Å². The molecule has 3 N–H and O–H groups in total. The summed E-state index contributed by atoms with van der Waals surface area (Å²) in [4.78, 5) is 17.5. The molecule has 4 rings (SSSR count). The third kappa shape index (κ3) is 2.93. The topological polar surface area (TPSA) is 90.4 Å². The Morgan fingerprint density at radius 1 is 1.24 bits per heavy atom. The van der Waals surface area contributed by atoms with Crippen molar-refractivity contribution in [3.8, 4) is 5.75 Å². The van der Waals surface area contributed by atoms with E-state index >= 15 is 0 Å². The van der Waals surface area contributed by atoms with Gasteiger partial charge in [0.2, 0.25) is 0 Å². The van der Waals surface area contributed by atoms with Crippen molar-refractivity contribution in [2.75, 3.05) is 18.9 Å². The Hall–Kier alpha value is -2.60. The van der Waals surface area contributed by atoms with Crippen LogP contribution in [0.15, 0.2) is 29.3 Å². The number of fused-ring (bicyclic) bond motifs is 1. The summed E-state index contributed by atoms with van der Waals surface area (Å²) in [5.41, 5.74) is 9.45. The number of rotatable bonds is 2. The molecule has 1 aromatic heterocycles. The number of allylic oxidation sites excluding steroid dienone is 1. The Labute approximate surface area is 145 Å². The predicted molar refractivity (Wildman–Crippen MR) is 96.3 cm³/mol. The van der Waals surface area contributed by atoms with Crippen LogP contribution in [0.3, 0.4) is 0 Å². The molecule has 0 radical (unpaired) electrons. The van der Waals surface area contributed by atoms with E-state index < -0.39 is 0 Å². The number of aryl methyl sites for hydroxylation is 1. The zero-order valence-corrected chi connectivity index (χ0v) is 13.9. The van der Waals surface area contributed by atoms with Gasteiger partial charge in [0.05, 0.1) is 23.3 Å². The van der Waals surface area contributed by atoms with Crippen molar-refractivity contribution in [1.82, 2.24) is 9.55 Å². The maximum atomic E-state index is 13.0. The lowest BCUT2D eigenvalue weighted by Crippen LogP contribution is -2.32. The van der Waals surface area contributed by atoms with E-state index in [0.717, 1.165) is 42.5 Å². The number of nitrogens with zero attached hydrogens (tertiary/aromatic N) is 2. The smallest absolute Gasteiger partial charge is 0.261 e. The van der Waals surface area contributed by atoms with Crippen LogP contribution >= 0.6 is 0 Å². The average molecular weight is 339 g/mol. The standard InChI is InChI=1S/C19H21N3O3/c20-16-3-1-13(10-18(16)23)12-2-4-17-15(9-12)19(24)22(11-21-17)14-5-7-25-8-6-14/h1,3,9-11,14,23H,2,4-8,20H2. The minimum Gasteiger partial charge on any atom is -0.506 e. The molecule has 1 aromatic carbocycles. The van der Waals surface area contributed by atoms with E-state index in [1.165, 1.54) is 0 Å². The molecule has 0 spiro atoms. The number of hydrogen-bond acceptors (Lipinski definition) is 5. The van der Waals surface area contributed by atoms with Crippen LogP contribution in [0, 0.1) is 0 Å². The number of phenols is 1. The molecule has 0 unspecified atom stereocenters. The first-order chi connectivity index (χ1) is 12.1. The van der Waals surface area contributed by atoms with E-state index in [1.54, 1.807) is 23.0 Å². The van der Waals surface area contributed by atoms with E-state index in [1.807, 2.05) is 12.1 Å². The number of phenolic OH excluding ortho intramolecular Hbond substituents is 1. The van der Waals surface area contributed by atoms with E-state index in [0.29, 0.717) is 24.5 Å². The Kier molecular flexibility index (Phi) is 4.05. The number of benzene rings is 1. The average Bonchev–Trinajstić information content (AvgIpc) is 2.65. The monoisotopic (exact) mass is 339 g/mol. The van der Waals surface area contributed by atoms with Crippen molar-refractivity contribution in [3.63, 3.8) is 0 Å². The summed E-state index contributed by atoms with van der Waals surface area (Å²) in [6.45, 7) is 1.36. The van der Waals surface area contributed by atoms with E-state index in [4.69, 9.17) is 10.5 Å². The number of aromatic nitrogens is 2. The second-order valence-corrected chi connectivity index (χ2v) is 6.60. The molecular formula is C19H21N3O3. The van der Waals surface area contributed by atoms with E-state index in [9.17, 15) is 9.90 Å². The lowest BCUT2D eigenvalue weighted by molar-refractivity contribution is 0.0683. The molecule has 1 fully saturated rings. The number of nitrogen functional groups attached to an aromatic ring is 1. The Morgan fingerprint density at radius 3 is 2.80 bits per heavy atom. The molecule has 130 valence electrons. The van der Waals surface area contributed by atoms with Gasteiger partial charge in [0, 0.05) is 19.3 Å². The van der Waals surface area contributed by atoms with Gasteiger partial charge in [0.15, 0.2) is 0 Å². The van der Waals surface area contributed by atoms with Gasteiger partial charge in [-0.25, -0.2) is 4.98 Å². The van der Waals surface area contributed by atoms with Gasteiger partial charge in [-0.15, -0.1) is 0 Å². The molecule has 2 aliphatic rings. The molecule has 1 aliphatic carbocycles. The molecule has 6 heteroatoms. The molecule has 2 aromatic rings. The highest BCUT2D eigenvalue weighted by molar-refractivity contribution is 5.84. The van der Waals surface area contributed by atoms with Crippen LogP contribution in [0.4, 0.5) is 5.69 Å². The summed E-state index contributed by atoms with van der Waals surface area (Å²) < 4.78 is 7.14. The zero-order valence-electron chi connectivity index (χ0n) is 13.9. The van der Waals surface area contributed by atoms with Crippen LogP contribution < -0.4 is 11.3 Å². The minimum atomic E-state index is 0.00812. The fraction of sp³-hybridized carbons (Fsp3) is 0.368. The van der Waals surface area contributed by atoms with Crippen LogP contribution in [0.5, 0.6) is 5.75 Å². The van der Waals surface area contributed by atoms with Gasteiger partial charge in [-0.2, -0.15) is 0 Å². The first-order valence-corrected chi connectivity index (χ1v) is 8.60. The second-order valence-electron chi connectivity index (χ2n) is 6.60. The lowest BCUT2D eigenvalue weighted by atomic mass is 9.91. The summed E-state index contributed by atoms with van der Waals surface area (Å²) in [6.07, 6.45) is 6.77. The van der Waals surface area contributed by atoms with Gasteiger partial charge in [-0.05, 0) is 55.0 Å². The SMILES string of the molecule is Nc1ccc(C2=Cc3c(ncn(C4CCOCC4)c3=O)CC2)cc1O. The Morgan fingerprint density at radius 2 is 2.04 bits per heavy atom. The fourth-order valence-electron chi connectivity index (χ4n) is 3.55. The largest absolute Gasteiger partial charge is 0.506 e. The van der Waals surface area contributed by atoms with Gasteiger partial charge in [0.25, 0.3) is 5.56 Å². The van der Waals surface area contributed by atoms with Crippen LogP contribution in [-0.4, -0.2) is 27.9 Å². The van der Waals surface area contributed by atoms with Crippen molar-refractivity contribution in [2.45, 2.75) is 31.7 Å². The summed E-state index contributed by atoms with van der Waals surface area (Å²) >= 11 is 0. The highest BCUT2D eigenvalue weighted by atomic mass is 16.5. The summed E-state index contributed by atoms with van der Waals surface area (Å²) in [5.74, 6) is 0.0648. The highest BCUT2D eigenvalue weighted by Crippen LogP contribution is 2.32. The summed E-state index contributed by atoms with van der Waals surface area (Å²) in [5, 5.41) is 9.85. The molecular weight excluding hydrogens is 318 g/mol. The fourth-order valence-corrected chi connectivity index (χ4v) is 3.55. The molecule has 0 saturated carbocycles. The number of aromatic hydroxyl groups is 1. The number of hydrogen-bond donors (Lipinski definition) is 2. The molecule has 25 heavy (non-hydrogen) atoms. The minimum absolute atomic E-state index is 0.00812. The first-order valence-electron chi connectivity index (χ1n) is 8.60. The third-order valence-corrected chi connectivity index (χ3v) is 5.05. The lowest BCUT2D eigenvalue weighted by Gasteiger charge is -2.25. The number of nitrogens with two attached hydrogens (primary N) is 1. The predicted octanol–water partition coefficient (Wildman–Crippen LogP) is 2.37. The highest BCUT2D eigenvalue weighted by Gasteiger charge is 2.22. The van der Waals surface area contributed by atoms with Crippen LogP contribution in [-0.2, 0) is 11.2 Å². The third-order valence-electron chi connectivity index (χ3n) is 5.05. The number of ether oxygens (including phenoxy) is 1. The second kappa shape index (κ2) is 6.37. The number of anilines is 1. The molecule has 0 atom stereocenters. The van der Waals surface area contributed by atoms with E-state index in [2.05, 4.69) is 4.98 Å². The van der Waals surface area contributed by atoms with Crippen molar-refractivity contribution in [3.05, 3.63) is 51.7 Å². The van der Waals surface area contributed by atoms with Gasteiger partial charge < -0.3 is 15.6 Å². The molecule has 1 aliphatic heterocycles. The maximum absolute atomic E-state index is 13.0. The Balaban J connectivity index is 1.74. The quantitative estimate of drug-likeness (QED) is 0.647. The van der Waals surface area contributed by atoms with Crippen molar-refractivity contribution < 1.29 is 9.84 Å². The molecule has 1 saturated heterocycles. The summed E-state index contributed by atoms with van der Waals surface area (Å²) in [6, 6.07) is 5.36. The molecule has 2 heterocycles. The van der Waals surface area contributed by atoms with Crippen LogP contribution in [0.1, 0.15) is 42.1 Å². The summed E-state index contributed by atoms with van der Waals surface area (Å²) in [7, 11) is 0. The van der Waals surface area contributed by atoms with Gasteiger partial charge >= 0.3 is 0 Å². The molecule has 0 amide bonds. The van der Waals surface area contributed by atoms with Crippen LogP contribution in [0.25, 0.3) is 11.6 Å². The van der Waals surface area contributed by atoms with Gasteiger partial charge in [0.1, 0.15) is 5.75 Å². The normalized spacial score (nSPS) is 17.8.